The zero-order chi connectivity index (χ0) is 20.4. The van der Waals surface area contributed by atoms with Crippen molar-refractivity contribution in [3.63, 3.8) is 0 Å². The van der Waals surface area contributed by atoms with E-state index < -0.39 is 5.82 Å². The molecule has 0 bridgehead atoms. The minimum absolute atomic E-state index is 0.0275. The van der Waals surface area contributed by atoms with Crippen LogP contribution in [-0.2, 0) is 28.7 Å². The molecule has 29 heavy (non-hydrogen) atoms. The van der Waals surface area contributed by atoms with Gasteiger partial charge in [0.15, 0.2) is 5.78 Å². The molecule has 4 rings (SSSR count). The summed E-state index contributed by atoms with van der Waals surface area (Å²) < 4.78 is 24.6. The van der Waals surface area contributed by atoms with Crippen molar-refractivity contribution in [2.75, 3.05) is 31.2 Å². The van der Waals surface area contributed by atoms with E-state index in [1.165, 1.54) is 6.07 Å². The Morgan fingerprint density at radius 2 is 1.97 bits per heavy atom. The Morgan fingerprint density at radius 3 is 2.69 bits per heavy atom. The van der Waals surface area contributed by atoms with Crippen LogP contribution in [0.25, 0.3) is 0 Å². The summed E-state index contributed by atoms with van der Waals surface area (Å²) in [6.07, 6.45) is 2.83. The number of anilines is 1. The summed E-state index contributed by atoms with van der Waals surface area (Å²) in [7, 11) is 0. The van der Waals surface area contributed by atoms with Crippen LogP contribution in [0.1, 0.15) is 41.2 Å². The molecule has 0 radical (unpaired) electrons. The maximum absolute atomic E-state index is 13.2. The number of ketones is 1. The second-order valence-electron chi connectivity index (χ2n) is 7.80. The fourth-order valence-electron chi connectivity index (χ4n) is 4.09. The first-order chi connectivity index (χ1) is 14.0. The predicted molar refractivity (Wildman–Crippen MR) is 107 cm³/mol. The molecule has 2 atom stereocenters. The first-order valence-corrected chi connectivity index (χ1v) is 10.1. The highest BCUT2D eigenvalue weighted by Crippen LogP contribution is 2.27. The third-order valence-corrected chi connectivity index (χ3v) is 5.35. The van der Waals surface area contributed by atoms with Crippen molar-refractivity contribution < 1.29 is 18.7 Å². The normalized spacial score (nSPS) is 22.1. The van der Waals surface area contributed by atoms with Gasteiger partial charge in [0.2, 0.25) is 0 Å². The fourth-order valence-corrected chi connectivity index (χ4v) is 4.09. The molecule has 4 heterocycles. The Bertz CT molecular complexity index is 878. The number of Topliss-reactive ketones (excluding diaryl/α,β-unsaturated/α-hetero) is 1. The summed E-state index contributed by atoms with van der Waals surface area (Å²) >= 11 is 0. The van der Waals surface area contributed by atoms with Crippen molar-refractivity contribution in [1.82, 2.24) is 9.97 Å². The molecule has 0 unspecified atom stereocenters. The second-order valence-corrected chi connectivity index (χ2v) is 7.80. The van der Waals surface area contributed by atoms with Crippen LogP contribution < -0.4 is 4.90 Å². The highest BCUT2D eigenvalue weighted by atomic mass is 19.1. The lowest BCUT2D eigenvalue weighted by molar-refractivity contribution is -0.00547. The molecule has 2 aromatic heterocycles. The van der Waals surface area contributed by atoms with Gasteiger partial charge in [-0.05, 0) is 44.0 Å². The summed E-state index contributed by atoms with van der Waals surface area (Å²) in [6.45, 7) is 6.75. The zero-order valence-electron chi connectivity index (χ0n) is 16.9. The van der Waals surface area contributed by atoms with E-state index in [2.05, 4.69) is 9.88 Å². The average molecular weight is 399 g/mol. The second kappa shape index (κ2) is 8.55. The molecule has 0 aliphatic carbocycles. The topological polar surface area (TPSA) is 64.6 Å². The SMILES string of the molecule is C[C@@H]1CN(c2cc(C(=O)Cc3ccc(F)cn3)c3c(n2)CCOCC3)C[C@H](C)O1. The molecular formula is C22H26FN3O3. The van der Waals surface area contributed by atoms with E-state index in [0.29, 0.717) is 37.3 Å². The lowest BCUT2D eigenvalue weighted by Gasteiger charge is -2.36. The van der Waals surface area contributed by atoms with Gasteiger partial charge in [0.25, 0.3) is 0 Å². The number of aromatic nitrogens is 2. The number of carbonyl (C=O) groups excluding carboxylic acids is 1. The maximum atomic E-state index is 13.2. The van der Waals surface area contributed by atoms with Crippen molar-refractivity contribution in [3.05, 3.63) is 52.7 Å². The van der Waals surface area contributed by atoms with Gasteiger partial charge in [-0.2, -0.15) is 0 Å². The lowest BCUT2D eigenvalue weighted by Crippen LogP contribution is -2.46. The van der Waals surface area contributed by atoms with Crippen LogP contribution in [0.3, 0.4) is 0 Å². The quantitative estimate of drug-likeness (QED) is 0.737. The van der Waals surface area contributed by atoms with E-state index in [0.717, 1.165) is 36.4 Å². The molecule has 0 spiro atoms. The van der Waals surface area contributed by atoms with Crippen LogP contribution >= 0.6 is 0 Å². The van der Waals surface area contributed by atoms with Crippen LogP contribution in [0.5, 0.6) is 0 Å². The number of ether oxygens (including phenoxy) is 2. The van der Waals surface area contributed by atoms with Crippen molar-refractivity contribution in [3.8, 4) is 0 Å². The van der Waals surface area contributed by atoms with E-state index in [4.69, 9.17) is 14.5 Å². The van der Waals surface area contributed by atoms with E-state index >= 15 is 0 Å². The molecule has 6 nitrogen and oxygen atoms in total. The molecule has 1 fully saturated rings. The van der Waals surface area contributed by atoms with Crippen LogP contribution in [0.2, 0.25) is 0 Å². The number of halogens is 1. The maximum Gasteiger partial charge on any atom is 0.169 e. The summed E-state index contributed by atoms with van der Waals surface area (Å²) in [5, 5.41) is 0. The standard InChI is InChI=1S/C22H26FN3O3/c1-14-12-26(13-15(2)29-14)22-10-19(18-5-7-28-8-6-20(18)25-22)21(27)9-17-4-3-16(23)11-24-17/h3-4,10-11,14-15H,5-9,12-13H2,1-2H3/t14-,15+. The van der Waals surface area contributed by atoms with Crippen molar-refractivity contribution in [2.24, 2.45) is 0 Å². The highest BCUT2D eigenvalue weighted by Gasteiger charge is 2.27. The monoisotopic (exact) mass is 399 g/mol. The molecule has 0 saturated carbocycles. The van der Waals surface area contributed by atoms with E-state index in [-0.39, 0.29) is 24.4 Å². The third-order valence-electron chi connectivity index (χ3n) is 5.35. The minimum Gasteiger partial charge on any atom is -0.381 e. The Hall–Kier alpha value is -2.38. The Labute approximate surface area is 170 Å². The average Bonchev–Trinajstić information content (AvgIpc) is 2.93. The van der Waals surface area contributed by atoms with Crippen LogP contribution in [0, 0.1) is 5.82 Å². The molecule has 2 aliphatic rings. The summed E-state index contributed by atoms with van der Waals surface area (Å²) in [4.78, 5) is 24.3. The van der Waals surface area contributed by atoms with Gasteiger partial charge in [0.1, 0.15) is 11.6 Å². The number of hydrogen-bond acceptors (Lipinski definition) is 6. The first-order valence-electron chi connectivity index (χ1n) is 10.1. The lowest BCUT2D eigenvalue weighted by atomic mass is 9.96. The number of fused-ring (bicyclic) bond motifs is 1. The highest BCUT2D eigenvalue weighted by molar-refractivity contribution is 5.99. The Morgan fingerprint density at radius 1 is 1.21 bits per heavy atom. The van der Waals surface area contributed by atoms with Gasteiger partial charge in [0, 0.05) is 36.5 Å². The van der Waals surface area contributed by atoms with Crippen LogP contribution in [0.4, 0.5) is 10.2 Å². The van der Waals surface area contributed by atoms with Crippen LogP contribution in [0.15, 0.2) is 24.4 Å². The van der Waals surface area contributed by atoms with Crippen molar-refractivity contribution in [1.29, 1.82) is 0 Å². The fraction of sp³-hybridized carbons (Fsp3) is 0.500. The zero-order valence-corrected chi connectivity index (χ0v) is 16.9. The van der Waals surface area contributed by atoms with Gasteiger partial charge in [-0.25, -0.2) is 9.37 Å². The van der Waals surface area contributed by atoms with E-state index in [1.807, 2.05) is 19.9 Å². The Balaban J connectivity index is 1.68. The molecule has 2 aromatic rings. The summed E-state index contributed by atoms with van der Waals surface area (Å²) in [5.41, 5.74) is 3.13. The molecule has 0 aromatic carbocycles. The smallest absolute Gasteiger partial charge is 0.169 e. The van der Waals surface area contributed by atoms with Crippen molar-refractivity contribution >= 4 is 11.6 Å². The molecule has 154 valence electrons. The number of carbonyl (C=O) groups is 1. The van der Waals surface area contributed by atoms with Crippen molar-refractivity contribution in [2.45, 2.75) is 45.3 Å². The molecule has 0 N–H and O–H groups in total. The van der Waals surface area contributed by atoms with Gasteiger partial charge >= 0.3 is 0 Å². The molecule has 2 aliphatic heterocycles. The third kappa shape index (κ3) is 4.62. The van der Waals surface area contributed by atoms with Gasteiger partial charge in [-0.1, -0.05) is 0 Å². The minimum atomic E-state index is -0.408. The number of pyridine rings is 2. The van der Waals surface area contributed by atoms with Gasteiger partial charge in [-0.15, -0.1) is 0 Å². The molecule has 7 heteroatoms. The van der Waals surface area contributed by atoms with Gasteiger partial charge < -0.3 is 14.4 Å². The first kappa shape index (κ1) is 19.9. The number of morpholine rings is 1. The van der Waals surface area contributed by atoms with Gasteiger partial charge in [0.05, 0.1) is 38.0 Å². The molecule has 1 saturated heterocycles. The molecule has 0 amide bonds. The summed E-state index contributed by atoms with van der Waals surface area (Å²) in [6, 6.07) is 4.79. The number of hydrogen-bond donors (Lipinski definition) is 0. The van der Waals surface area contributed by atoms with E-state index in [9.17, 15) is 9.18 Å². The van der Waals surface area contributed by atoms with Crippen LogP contribution in [-0.4, -0.2) is 54.3 Å². The number of rotatable bonds is 4. The number of nitrogens with zero attached hydrogens (tertiary/aromatic N) is 3. The predicted octanol–water partition coefficient (Wildman–Crippen LogP) is 2.77. The van der Waals surface area contributed by atoms with Gasteiger partial charge in [-0.3, -0.25) is 9.78 Å². The van der Waals surface area contributed by atoms with E-state index in [1.54, 1.807) is 6.07 Å². The Kier molecular flexibility index (Phi) is 5.87. The molecular weight excluding hydrogens is 373 g/mol. The summed E-state index contributed by atoms with van der Waals surface area (Å²) in [5.74, 6) is 0.372. The largest absolute Gasteiger partial charge is 0.381 e.